The van der Waals surface area contributed by atoms with Gasteiger partial charge >= 0.3 is 0 Å². The summed E-state index contributed by atoms with van der Waals surface area (Å²) in [6, 6.07) is 14.0. The summed E-state index contributed by atoms with van der Waals surface area (Å²) in [5, 5.41) is 3.06. The maximum atomic E-state index is 12.8. The molecule has 2 amide bonds. The van der Waals surface area contributed by atoms with Crippen LogP contribution in [-0.2, 0) is 16.1 Å². The van der Waals surface area contributed by atoms with Gasteiger partial charge in [-0.15, -0.1) is 11.8 Å². The number of amides is 2. The fourth-order valence-electron chi connectivity index (χ4n) is 3.77. The molecule has 0 bridgehead atoms. The van der Waals surface area contributed by atoms with Crippen molar-refractivity contribution in [3.05, 3.63) is 58.6 Å². The van der Waals surface area contributed by atoms with Crippen LogP contribution in [0.5, 0.6) is 0 Å². The first-order valence-corrected chi connectivity index (χ1v) is 11.1. The summed E-state index contributed by atoms with van der Waals surface area (Å²) in [4.78, 5) is 30.4. The Kier molecular flexibility index (Phi) is 6.13. The van der Waals surface area contributed by atoms with Crippen molar-refractivity contribution in [2.75, 3.05) is 31.5 Å². The van der Waals surface area contributed by atoms with Gasteiger partial charge in [0.05, 0.1) is 10.9 Å². The predicted molar refractivity (Wildman–Crippen MR) is 117 cm³/mol. The molecule has 1 atom stereocenters. The van der Waals surface area contributed by atoms with Crippen LogP contribution in [0.2, 0.25) is 5.02 Å². The fourth-order valence-corrected chi connectivity index (χ4v) is 5.02. The zero-order chi connectivity index (χ0) is 20.4. The van der Waals surface area contributed by atoms with Crippen molar-refractivity contribution in [1.82, 2.24) is 9.80 Å². The summed E-state index contributed by atoms with van der Waals surface area (Å²) < 4.78 is 0. The summed E-state index contributed by atoms with van der Waals surface area (Å²) in [6.45, 7) is 6.12. The first kappa shape index (κ1) is 20.3. The average Bonchev–Trinajstić information content (AvgIpc) is 2.69. The van der Waals surface area contributed by atoms with Gasteiger partial charge in [-0.05, 0) is 30.7 Å². The van der Waals surface area contributed by atoms with Crippen molar-refractivity contribution in [3.8, 4) is 0 Å². The van der Waals surface area contributed by atoms with E-state index in [1.807, 2.05) is 11.0 Å². The molecule has 152 valence electrons. The second kappa shape index (κ2) is 8.78. The fraction of sp³-hybridized carbons (Fsp3) is 0.364. The van der Waals surface area contributed by atoms with Crippen molar-refractivity contribution >= 4 is 40.9 Å². The molecule has 5 nitrogen and oxygen atoms in total. The molecule has 29 heavy (non-hydrogen) atoms. The van der Waals surface area contributed by atoms with Crippen LogP contribution in [0.4, 0.5) is 5.69 Å². The monoisotopic (exact) mass is 429 g/mol. The number of thioether (sulfide) groups is 1. The largest absolute Gasteiger partial charge is 0.340 e. The number of fused-ring (bicyclic) bond motifs is 1. The summed E-state index contributed by atoms with van der Waals surface area (Å²) >= 11 is 7.43. The maximum absolute atomic E-state index is 12.8. The second-order valence-electron chi connectivity index (χ2n) is 7.59. The van der Waals surface area contributed by atoms with Crippen LogP contribution >= 0.6 is 23.4 Å². The lowest BCUT2D eigenvalue weighted by atomic mass is 10.1. The lowest BCUT2D eigenvalue weighted by molar-refractivity contribution is -0.134. The van der Waals surface area contributed by atoms with Crippen molar-refractivity contribution in [1.29, 1.82) is 0 Å². The number of nitrogens with one attached hydrogen (secondary N) is 1. The number of aryl methyl sites for hydroxylation is 1. The Labute approximate surface area is 180 Å². The van der Waals surface area contributed by atoms with E-state index in [-0.39, 0.29) is 18.2 Å². The standard InChI is InChI=1S/C22H24ClN3O2S/c1-15-3-2-4-16(11-15)14-25-7-9-26(10-8-25)21(27)13-20-22(28)24-18-12-17(23)5-6-19(18)29-20/h2-6,11-12,20H,7-10,13-14H2,1H3,(H,24,28). The lowest BCUT2D eigenvalue weighted by Crippen LogP contribution is -2.49. The maximum Gasteiger partial charge on any atom is 0.238 e. The molecule has 2 aromatic rings. The van der Waals surface area contributed by atoms with Crippen LogP contribution in [0.1, 0.15) is 17.5 Å². The van der Waals surface area contributed by atoms with E-state index in [4.69, 9.17) is 11.6 Å². The molecule has 0 radical (unpaired) electrons. The molecule has 0 spiro atoms. The molecule has 2 heterocycles. The molecule has 1 unspecified atom stereocenters. The number of hydrogen-bond donors (Lipinski definition) is 1. The lowest BCUT2D eigenvalue weighted by Gasteiger charge is -2.35. The molecule has 0 saturated carbocycles. The van der Waals surface area contributed by atoms with E-state index in [9.17, 15) is 9.59 Å². The third-order valence-corrected chi connectivity index (χ3v) is 6.85. The van der Waals surface area contributed by atoms with Gasteiger partial charge in [0.1, 0.15) is 0 Å². The Morgan fingerprint density at radius 1 is 1.17 bits per heavy atom. The first-order chi connectivity index (χ1) is 14.0. The van der Waals surface area contributed by atoms with Crippen molar-refractivity contribution in [2.45, 2.75) is 30.0 Å². The molecule has 2 aromatic carbocycles. The zero-order valence-electron chi connectivity index (χ0n) is 16.4. The van der Waals surface area contributed by atoms with E-state index < -0.39 is 5.25 Å². The molecule has 1 saturated heterocycles. The van der Waals surface area contributed by atoms with Crippen LogP contribution in [0.3, 0.4) is 0 Å². The highest BCUT2D eigenvalue weighted by Gasteiger charge is 2.31. The number of hydrogen-bond acceptors (Lipinski definition) is 4. The Bertz CT molecular complexity index is 928. The number of nitrogens with zero attached hydrogens (tertiary/aromatic N) is 2. The minimum absolute atomic E-state index is 0.0465. The molecular formula is C22H24ClN3O2S. The zero-order valence-corrected chi connectivity index (χ0v) is 17.9. The molecule has 0 aliphatic carbocycles. The number of halogens is 1. The van der Waals surface area contributed by atoms with E-state index >= 15 is 0 Å². The van der Waals surface area contributed by atoms with Crippen molar-refractivity contribution in [3.63, 3.8) is 0 Å². The molecule has 1 N–H and O–H groups in total. The Balaban J connectivity index is 1.30. The number of rotatable bonds is 4. The molecular weight excluding hydrogens is 406 g/mol. The summed E-state index contributed by atoms with van der Waals surface area (Å²) in [7, 11) is 0. The number of benzene rings is 2. The molecule has 4 rings (SSSR count). The van der Waals surface area contributed by atoms with Gasteiger partial charge in [0.15, 0.2) is 0 Å². The predicted octanol–water partition coefficient (Wildman–Crippen LogP) is 3.80. The summed E-state index contributed by atoms with van der Waals surface area (Å²) in [6.07, 6.45) is 0.219. The van der Waals surface area contributed by atoms with Crippen LogP contribution in [0, 0.1) is 6.92 Å². The van der Waals surface area contributed by atoms with Gasteiger partial charge in [0.2, 0.25) is 11.8 Å². The minimum Gasteiger partial charge on any atom is -0.340 e. The van der Waals surface area contributed by atoms with Crippen molar-refractivity contribution < 1.29 is 9.59 Å². The van der Waals surface area contributed by atoms with E-state index in [1.54, 1.807) is 12.1 Å². The van der Waals surface area contributed by atoms with Gasteiger partial charge in [-0.2, -0.15) is 0 Å². The van der Waals surface area contributed by atoms with Crippen LogP contribution in [0.25, 0.3) is 0 Å². The number of piperazine rings is 1. The van der Waals surface area contributed by atoms with Crippen LogP contribution in [-0.4, -0.2) is 53.0 Å². The number of anilines is 1. The molecule has 2 aliphatic rings. The highest BCUT2D eigenvalue weighted by molar-refractivity contribution is 8.01. The molecule has 2 aliphatic heterocycles. The molecule has 1 fully saturated rings. The third kappa shape index (κ3) is 4.94. The Hall–Kier alpha value is -2.02. The Morgan fingerprint density at radius 2 is 1.97 bits per heavy atom. The van der Waals surface area contributed by atoms with Gasteiger partial charge in [0.25, 0.3) is 0 Å². The Morgan fingerprint density at radius 3 is 2.72 bits per heavy atom. The number of carbonyl (C=O) groups is 2. The van der Waals surface area contributed by atoms with E-state index in [0.717, 1.165) is 30.2 Å². The topological polar surface area (TPSA) is 52.6 Å². The van der Waals surface area contributed by atoms with E-state index in [0.29, 0.717) is 18.1 Å². The minimum atomic E-state index is -0.401. The SMILES string of the molecule is Cc1cccc(CN2CCN(C(=O)CC3Sc4ccc(Cl)cc4NC3=O)CC2)c1. The summed E-state index contributed by atoms with van der Waals surface area (Å²) in [5.74, 6) is -0.0820. The average molecular weight is 430 g/mol. The van der Waals surface area contributed by atoms with Gasteiger partial charge in [-0.1, -0.05) is 41.4 Å². The smallest absolute Gasteiger partial charge is 0.238 e. The highest BCUT2D eigenvalue weighted by Crippen LogP contribution is 2.38. The van der Waals surface area contributed by atoms with Gasteiger partial charge < -0.3 is 10.2 Å². The normalized spacial score (nSPS) is 19.6. The second-order valence-corrected chi connectivity index (χ2v) is 9.27. The first-order valence-electron chi connectivity index (χ1n) is 9.81. The van der Waals surface area contributed by atoms with E-state index in [2.05, 4.69) is 41.4 Å². The molecule has 7 heteroatoms. The van der Waals surface area contributed by atoms with E-state index in [1.165, 1.54) is 22.9 Å². The van der Waals surface area contributed by atoms with Gasteiger partial charge in [0, 0.05) is 49.1 Å². The highest BCUT2D eigenvalue weighted by atomic mass is 35.5. The quantitative estimate of drug-likeness (QED) is 0.803. The summed E-state index contributed by atoms with van der Waals surface area (Å²) in [5.41, 5.74) is 3.29. The van der Waals surface area contributed by atoms with Gasteiger partial charge in [-0.25, -0.2) is 0 Å². The number of carbonyl (C=O) groups excluding carboxylic acids is 2. The molecule has 0 aromatic heterocycles. The van der Waals surface area contributed by atoms with Crippen LogP contribution < -0.4 is 5.32 Å². The third-order valence-electron chi connectivity index (χ3n) is 5.33. The van der Waals surface area contributed by atoms with Gasteiger partial charge in [-0.3, -0.25) is 14.5 Å². The van der Waals surface area contributed by atoms with Crippen molar-refractivity contribution in [2.24, 2.45) is 0 Å². The van der Waals surface area contributed by atoms with Crippen LogP contribution in [0.15, 0.2) is 47.4 Å².